The summed E-state index contributed by atoms with van der Waals surface area (Å²) in [4.78, 5) is 18.8. The Morgan fingerprint density at radius 2 is 1.78 bits per heavy atom. The van der Waals surface area contributed by atoms with E-state index in [1.54, 1.807) is 47.4 Å². The van der Waals surface area contributed by atoms with Crippen molar-refractivity contribution in [3.05, 3.63) is 65.5 Å². The van der Waals surface area contributed by atoms with E-state index >= 15 is 0 Å². The molecule has 0 aliphatic rings. The van der Waals surface area contributed by atoms with E-state index in [1.807, 2.05) is 19.1 Å². The van der Waals surface area contributed by atoms with Gasteiger partial charge in [-0.25, -0.2) is 12.7 Å². The van der Waals surface area contributed by atoms with E-state index < -0.39 is 10.0 Å². The fourth-order valence-electron chi connectivity index (χ4n) is 3.11. The van der Waals surface area contributed by atoms with Crippen molar-refractivity contribution >= 4 is 27.5 Å². The molecule has 0 aliphatic carbocycles. The van der Waals surface area contributed by atoms with Crippen molar-refractivity contribution in [2.75, 3.05) is 20.1 Å². The van der Waals surface area contributed by atoms with Gasteiger partial charge in [0.15, 0.2) is 0 Å². The number of sulfonamides is 1. The fourth-order valence-corrected chi connectivity index (χ4v) is 4.56. The van der Waals surface area contributed by atoms with E-state index in [4.69, 9.17) is 16.1 Å². The van der Waals surface area contributed by atoms with Gasteiger partial charge < -0.3 is 9.42 Å². The molecule has 0 N–H and O–H groups in total. The Kier molecular flexibility index (Phi) is 8.00. The Morgan fingerprint density at radius 1 is 1.09 bits per heavy atom. The highest BCUT2D eigenvalue weighted by Crippen LogP contribution is 2.25. The maximum Gasteiger partial charge on any atom is 0.246 e. The minimum absolute atomic E-state index is 0.115. The Bertz CT molecular complexity index is 1150. The van der Waals surface area contributed by atoms with Gasteiger partial charge in [0.05, 0.1) is 16.5 Å². The number of benzene rings is 2. The first-order chi connectivity index (χ1) is 15.3. The van der Waals surface area contributed by atoms with Gasteiger partial charge in [-0.3, -0.25) is 4.79 Å². The van der Waals surface area contributed by atoms with Crippen LogP contribution in [0.3, 0.4) is 0 Å². The molecule has 10 heteroatoms. The lowest BCUT2D eigenvalue weighted by molar-refractivity contribution is -0.132. The third kappa shape index (κ3) is 5.73. The van der Waals surface area contributed by atoms with E-state index in [-0.39, 0.29) is 30.3 Å². The van der Waals surface area contributed by atoms with Gasteiger partial charge in [0, 0.05) is 32.1 Å². The average Bonchev–Trinajstić information content (AvgIpc) is 3.26. The van der Waals surface area contributed by atoms with Crippen LogP contribution >= 0.6 is 11.6 Å². The lowest BCUT2D eigenvalue weighted by Gasteiger charge is -2.20. The van der Waals surface area contributed by atoms with Crippen LogP contribution in [-0.4, -0.2) is 53.8 Å². The van der Waals surface area contributed by atoms with Crippen molar-refractivity contribution in [3.8, 4) is 11.4 Å². The number of halogens is 1. The molecule has 1 amide bonds. The molecule has 0 radical (unpaired) electrons. The summed E-state index contributed by atoms with van der Waals surface area (Å²) in [6.07, 6.45) is 0.598. The molecular formula is C22H25ClN4O4S. The molecule has 3 rings (SSSR count). The summed E-state index contributed by atoms with van der Waals surface area (Å²) in [6, 6.07) is 15.4. The van der Waals surface area contributed by atoms with Crippen LogP contribution in [0.1, 0.15) is 25.7 Å². The van der Waals surface area contributed by atoms with Gasteiger partial charge in [-0.1, -0.05) is 47.1 Å². The molecule has 8 nitrogen and oxygen atoms in total. The zero-order valence-electron chi connectivity index (χ0n) is 17.9. The molecule has 0 aliphatic heterocycles. The van der Waals surface area contributed by atoms with Crippen molar-refractivity contribution in [3.63, 3.8) is 0 Å². The van der Waals surface area contributed by atoms with Crippen LogP contribution < -0.4 is 0 Å². The van der Waals surface area contributed by atoms with Crippen LogP contribution in [0.5, 0.6) is 0 Å². The summed E-state index contributed by atoms with van der Waals surface area (Å²) in [5.41, 5.74) is 0.654. The number of amides is 1. The molecule has 0 spiro atoms. The number of hydrogen-bond donors (Lipinski definition) is 0. The molecule has 1 heterocycles. The topological polar surface area (TPSA) is 96.6 Å². The lowest BCUT2D eigenvalue weighted by atomic mass is 10.2. The zero-order chi connectivity index (χ0) is 23.1. The molecular weight excluding hydrogens is 452 g/mol. The predicted molar refractivity (Wildman–Crippen MR) is 121 cm³/mol. The quantitative estimate of drug-likeness (QED) is 0.441. The molecule has 2 aromatic carbocycles. The van der Waals surface area contributed by atoms with E-state index in [2.05, 4.69) is 10.1 Å². The van der Waals surface area contributed by atoms with Gasteiger partial charge in [0.25, 0.3) is 0 Å². The van der Waals surface area contributed by atoms with Gasteiger partial charge in [-0.2, -0.15) is 4.98 Å². The molecule has 0 saturated carbocycles. The minimum atomic E-state index is -3.57. The van der Waals surface area contributed by atoms with Crippen molar-refractivity contribution in [2.24, 2.45) is 0 Å². The summed E-state index contributed by atoms with van der Waals surface area (Å²) in [5.74, 6) is 0.552. The summed E-state index contributed by atoms with van der Waals surface area (Å²) in [6.45, 7) is 2.72. The van der Waals surface area contributed by atoms with E-state index in [9.17, 15) is 13.2 Å². The second-order valence-corrected chi connectivity index (χ2v) is 9.59. The van der Waals surface area contributed by atoms with E-state index in [1.165, 1.54) is 11.4 Å². The lowest BCUT2D eigenvalue weighted by Crippen LogP contribution is -2.32. The highest BCUT2D eigenvalue weighted by Gasteiger charge is 2.21. The standard InChI is InChI=1S/C22H25ClN4O4S/c1-3-27(16-20-24-22(25-31-20)18-12-7-8-13-19(18)23)21(28)14-9-15-26(2)32(29,30)17-10-5-4-6-11-17/h4-8,10-13H,3,9,14-16H2,1-2H3. The first kappa shape index (κ1) is 23.9. The summed E-state index contributed by atoms with van der Waals surface area (Å²) < 4.78 is 31.7. The zero-order valence-corrected chi connectivity index (χ0v) is 19.5. The number of hydrogen-bond acceptors (Lipinski definition) is 6. The number of carbonyl (C=O) groups is 1. The van der Waals surface area contributed by atoms with Gasteiger partial charge >= 0.3 is 0 Å². The Labute approximate surface area is 192 Å². The number of carbonyl (C=O) groups excluding carboxylic acids is 1. The second kappa shape index (κ2) is 10.7. The first-order valence-electron chi connectivity index (χ1n) is 10.2. The Balaban J connectivity index is 1.55. The van der Waals surface area contributed by atoms with Crippen molar-refractivity contribution in [1.29, 1.82) is 0 Å². The first-order valence-corrected chi connectivity index (χ1v) is 12.0. The number of aromatic nitrogens is 2. The monoisotopic (exact) mass is 476 g/mol. The molecule has 0 atom stereocenters. The van der Waals surface area contributed by atoms with Crippen LogP contribution in [0.25, 0.3) is 11.4 Å². The van der Waals surface area contributed by atoms with Gasteiger partial charge in [0.2, 0.25) is 27.6 Å². The molecule has 32 heavy (non-hydrogen) atoms. The van der Waals surface area contributed by atoms with E-state index in [0.717, 1.165) is 0 Å². The molecule has 0 fully saturated rings. The smallest absolute Gasteiger partial charge is 0.246 e. The Morgan fingerprint density at radius 3 is 2.47 bits per heavy atom. The number of nitrogens with zero attached hydrogens (tertiary/aromatic N) is 4. The second-order valence-electron chi connectivity index (χ2n) is 7.14. The minimum Gasteiger partial charge on any atom is -0.337 e. The molecule has 3 aromatic rings. The Hall–Kier alpha value is -2.75. The van der Waals surface area contributed by atoms with Gasteiger partial charge in [-0.15, -0.1) is 0 Å². The largest absolute Gasteiger partial charge is 0.337 e. The van der Waals surface area contributed by atoms with Crippen molar-refractivity contribution in [2.45, 2.75) is 31.2 Å². The third-order valence-corrected chi connectivity index (χ3v) is 7.16. The highest BCUT2D eigenvalue weighted by molar-refractivity contribution is 7.89. The van der Waals surface area contributed by atoms with Gasteiger partial charge in [0.1, 0.15) is 0 Å². The van der Waals surface area contributed by atoms with Crippen molar-refractivity contribution in [1.82, 2.24) is 19.3 Å². The van der Waals surface area contributed by atoms with Crippen LogP contribution in [0.2, 0.25) is 5.02 Å². The number of rotatable bonds is 10. The fraction of sp³-hybridized carbons (Fsp3) is 0.318. The highest BCUT2D eigenvalue weighted by atomic mass is 35.5. The molecule has 1 aromatic heterocycles. The van der Waals surface area contributed by atoms with Crippen LogP contribution in [-0.2, 0) is 21.4 Å². The average molecular weight is 477 g/mol. The molecule has 0 saturated heterocycles. The van der Waals surface area contributed by atoms with Gasteiger partial charge in [-0.05, 0) is 37.6 Å². The molecule has 0 bridgehead atoms. The van der Waals surface area contributed by atoms with Crippen LogP contribution in [0.15, 0.2) is 64.0 Å². The van der Waals surface area contributed by atoms with Crippen LogP contribution in [0.4, 0.5) is 0 Å². The maximum absolute atomic E-state index is 12.7. The summed E-state index contributed by atoms with van der Waals surface area (Å²) >= 11 is 6.17. The molecule has 170 valence electrons. The predicted octanol–water partition coefficient (Wildman–Crippen LogP) is 3.84. The summed E-state index contributed by atoms with van der Waals surface area (Å²) in [7, 11) is -2.06. The SMILES string of the molecule is CCN(Cc1nc(-c2ccccc2Cl)no1)C(=O)CCCN(C)S(=O)(=O)c1ccccc1. The van der Waals surface area contributed by atoms with E-state index in [0.29, 0.717) is 35.3 Å². The van der Waals surface area contributed by atoms with Crippen LogP contribution in [0, 0.1) is 0 Å². The summed E-state index contributed by atoms with van der Waals surface area (Å²) in [5, 5.41) is 4.47. The normalized spacial score (nSPS) is 11.6. The third-order valence-electron chi connectivity index (χ3n) is 4.96. The molecule has 0 unspecified atom stereocenters. The van der Waals surface area contributed by atoms with Crippen molar-refractivity contribution < 1.29 is 17.7 Å². The maximum atomic E-state index is 12.7.